The van der Waals surface area contributed by atoms with Crippen molar-refractivity contribution in [1.82, 2.24) is 10.4 Å². The van der Waals surface area contributed by atoms with Gasteiger partial charge in [0.1, 0.15) is 11.8 Å². The summed E-state index contributed by atoms with van der Waals surface area (Å²) in [7, 11) is 0. The third kappa shape index (κ3) is 0.827. The molecule has 0 aromatic carbocycles. The van der Waals surface area contributed by atoms with Crippen molar-refractivity contribution in [2.75, 3.05) is 5.43 Å². The molecule has 0 spiro atoms. The normalized spacial score (nSPS) is 13.4. The van der Waals surface area contributed by atoms with Gasteiger partial charge in [-0.15, -0.1) is 0 Å². The minimum atomic E-state index is 0.500. The lowest BCUT2D eigenvalue weighted by molar-refractivity contribution is 0.855. The molecule has 1 aliphatic heterocycles. The minimum absolute atomic E-state index is 0.500. The summed E-state index contributed by atoms with van der Waals surface area (Å²) in [6.45, 7) is 0.673. The molecule has 1 aromatic heterocycles. The maximum atomic E-state index is 8.63. The highest BCUT2D eigenvalue weighted by Gasteiger charge is 2.13. The predicted molar refractivity (Wildman–Crippen MR) is 39.4 cm³/mol. The number of hydrogen-bond donors (Lipinski definition) is 2. The number of pyridine rings is 1. The molecule has 0 bridgehead atoms. The van der Waals surface area contributed by atoms with Crippen molar-refractivity contribution in [1.29, 1.82) is 5.26 Å². The average molecular weight is 146 g/mol. The highest BCUT2D eigenvalue weighted by molar-refractivity contribution is 5.57. The first-order valence-corrected chi connectivity index (χ1v) is 3.28. The van der Waals surface area contributed by atoms with Crippen LogP contribution in [0.15, 0.2) is 12.3 Å². The molecule has 2 N–H and O–H groups in total. The number of aromatic nitrogens is 1. The second-order valence-electron chi connectivity index (χ2n) is 2.28. The summed E-state index contributed by atoms with van der Waals surface area (Å²) in [6.07, 6.45) is 1.62. The van der Waals surface area contributed by atoms with Crippen molar-refractivity contribution in [3.05, 3.63) is 23.5 Å². The Bertz CT molecular complexity index is 326. The third-order valence-corrected chi connectivity index (χ3v) is 1.65. The van der Waals surface area contributed by atoms with Crippen LogP contribution in [-0.2, 0) is 6.54 Å². The van der Waals surface area contributed by atoms with Crippen molar-refractivity contribution in [2.45, 2.75) is 6.54 Å². The monoisotopic (exact) mass is 146 g/mol. The van der Waals surface area contributed by atoms with E-state index in [2.05, 4.69) is 15.8 Å². The predicted octanol–water partition coefficient (Wildman–Crippen LogP) is 0.383. The van der Waals surface area contributed by atoms with Gasteiger partial charge < -0.3 is 5.43 Å². The van der Waals surface area contributed by atoms with E-state index in [1.807, 2.05) is 12.1 Å². The van der Waals surface area contributed by atoms with Gasteiger partial charge in [-0.05, 0) is 6.07 Å². The largest absolute Gasteiger partial charge is 0.321 e. The van der Waals surface area contributed by atoms with Crippen LogP contribution in [0.2, 0.25) is 0 Å². The zero-order valence-corrected chi connectivity index (χ0v) is 5.76. The Morgan fingerprint density at radius 1 is 1.64 bits per heavy atom. The highest BCUT2D eigenvalue weighted by Crippen LogP contribution is 2.20. The highest BCUT2D eigenvalue weighted by atomic mass is 15.4. The summed E-state index contributed by atoms with van der Waals surface area (Å²) in [5, 5.41) is 8.63. The molecule has 1 aromatic rings. The van der Waals surface area contributed by atoms with E-state index in [1.54, 1.807) is 6.20 Å². The molecule has 54 valence electrons. The molecular weight excluding hydrogens is 140 g/mol. The number of nitrogens with one attached hydrogen (secondary N) is 2. The fourth-order valence-electron chi connectivity index (χ4n) is 1.11. The van der Waals surface area contributed by atoms with Gasteiger partial charge in [0.25, 0.3) is 0 Å². The van der Waals surface area contributed by atoms with Crippen LogP contribution in [0.5, 0.6) is 0 Å². The molecule has 0 fully saturated rings. The fraction of sp³-hybridized carbons (Fsp3) is 0.143. The zero-order valence-electron chi connectivity index (χ0n) is 5.76. The summed E-state index contributed by atoms with van der Waals surface area (Å²) in [4.78, 5) is 3.93. The van der Waals surface area contributed by atoms with Crippen molar-refractivity contribution in [3.63, 3.8) is 0 Å². The Kier molecular flexibility index (Phi) is 1.24. The molecule has 0 aliphatic carbocycles. The number of nitriles is 1. The van der Waals surface area contributed by atoms with Crippen LogP contribution in [0.3, 0.4) is 0 Å². The van der Waals surface area contributed by atoms with Crippen molar-refractivity contribution >= 4 is 5.69 Å². The lowest BCUT2D eigenvalue weighted by atomic mass is 10.2. The summed E-state index contributed by atoms with van der Waals surface area (Å²) < 4.78 is 0. The van der Waals surface area contributed by atoms with Crippen molar-refractivity contribution < 1.29 is 0 Å². The standard InChI is InChI=1S/C7H6N4/c8-3-7-5-4-10-11-6(5)1-2-9-7/h1-2,10-11H,4H2. The van der Waals surface area contributed by atoms with Crippen molar-refractivity contribution in [2.24, 2.45) is 0 Å². The van der Waals surface area contributed by atoms with E-state index in [0.717, 1.165) is 11.3 Å². The lowest BCUT2D eigenvalue weighted by Crippen LogP contribution is -2.10. The van der Waals surface area contributed by atoms with Gasteiger partial charge in [-0.2, -0.15) is 5.26 Å². The Morgan fingerprint density at radius 2 is 2.55 bits per heavy atom. The smallest absolute Gasteiger partial charge is 0.147 e. The second kappa shape index (κ2) is 2.22. The van der Waals surface area contributed by atoms with Crippen LogP contribution >= 0.6 is 0 Å². The number of hydrogen-bond acceptors (Lipinski definition) is 4. The Hall–Kier alpha value is -1.60. The van der Waals surface area contributed by atoms with Crippen LogP contribution in [0.1, 0.15) is 11.3 Å². The van der Waals surface area contributed by atoms with Crippen LogP contribution in [0, 0.1) is 11.3 Å². The van der Waals surface area contributed by atoms with Gasteiger partial charge in [0.15, 0.2) is 0 Å². The maximum Gasteiger partial charge on any atom is 0.147 e. The number of hydrazine groups is 1. The molecule has 0 saturated heterocycles. The van der Waals surface area contributed by atoms with E-state index in [-0.39, 0.29) is 0 Å². The van der Waals surface area contributed by atoms with Gasteiger partial charge in [-0.3, -0.25) is 0 Å². The topological polar surface area (TPSA) is 60.7 Å². The number of anilines is 1. The van der Waals surface area contributed by atoms with E-state index in [1.165, 1.54) is 0 Å². The first kappa shape index (κ1) is 6.13. The maximum absolute atomic E-state index is 8.63. The van der Waals surface area contributed by atoms with Crippen LogP contribution in [0.4, 0.5) is 5.69 Å². The SMILES string of the molecule is N#Cc1nccc2c1CNN2. The molecular formula is C7H6N4. The van der Waals surface area contributed by atoms with Gasteiger partial charge >= 0.3 is 0 Å². The van der Waals surface area contributed by atoms with Gasteiger partial charge in [0.05, 0.1) is 5.69 Å². The van der Waals surface area contributed by atoms with E-state index in [9.17, 15) is 0 Å². The van der Waals surface area contributed by atoms with E-state index >= 15 is 0 Å². The summed E-state index contributed by atoms with van der Waals surface area (Å²) >= 11 is 0. The molecule has 0 amide bonds. The summed E-state index contributed by atoms with van der Waals surface area (Å²) in [6, 6.07) is 3.88. The Balaban J connectivity index is 2.61. The van der Waals surface area contributed by atoms with Gasteiger partial charge in [0.2, 0.25) is 0 Å². The quantitative estimate of drug-likeness (QED) is 0.555. The average Bonchev–Trinajstić information content (AvgIpc) is 2.50. The first-order valence-electron chi connectivity index (χ1n) is 3.28. The van der Waals surface area contributed by atoms with Crippen LogP contribution in [0.25, 0.3) is 0 Å². The van der Waals surface area contributed by atoms with Gasteiger partial charge in [-0.25, -0.2) is 10.4 Å². The minimum Gasteiger partial charge on any atom is -0.321 e. The van der Waals surface area contributed by atoms with Gasteiger partial charge in [0, 0.05) is 18.3 Å². The molecule has 0 radical (unpaired) electrons. The molecule has 1 aliphatic rings. The molecule has 0 atom stereocenters. The molecule has 4 heteroatoms. The number of nitrogens with zero attached hydrogens (tertiary/aromatic N) is 2. The van der Waals surface area contributed by atoms with E-state index < -0.39 is 0 Å². The summed E-state index contributed by atoms with van der Waals surface area (Å²) in [5.74, 6) is 0. The second-order valence-corrected chi connectivity index (χ2v) is 2.28. The first-order chi connectivity index (χ1) is 5.42. The Morgan fingerprint density at radius 3 is 3.36 bits per heavy atom. The number of fused-ring (bicyclic) bond motifs is 1. The molecule has 0 unspecified atom stereocenters. The van der Waals surface area contributed by atoms with Crippen LogP contribution in [-0.4, -0.2) is 4.98 Å². The van der Waals surface area contributed by atoms with Crippen molar-refractivity contribution in [3.8, 4) is 6.07 Å². The summed E-state index contributed by atoms with van der Waals surface area (Å²) in [5.41, 5.74) is 8.26. The van der Waals surface area contributed by atoms with Gasteiger partial charge in [-0.1, -0.05) is 0 Å². The molecule has 11 heavy (non-hydrogen) atoms. The molecule has 2 rings (SSSR count). The van der Waals surface area contributed by atoms with Crippen LogP contribution < -0.4 is 10.9 Å². The molecule has 4 nitrogen and oxygen atoms in total. The zero-order chi connectivity index (χ0) is 7.68. The lowest BCUT2D eigenvalue weighted by Gasteiger charge is -1.96. The van der Waals surface area contributed by atoms with E-state index in [0.29, 0.717) is 12.2 Å². The third-order valence-electron chi connectivity index (χ3n) is 1.65. The Labute approximate surface area is 63.8 Å². The number of rotatable bonds is 0. The fourth-order valence-corrected chi connectivity index (χ4v) is 1.11. The van der Waals surface area contributed by atoms with E-state index in [4.69, 9.17) is 5.26 Å². The molecule has 2 heterocycles. The molecule has 0 saturated carbocycles.